The highest BCUT2D eigenvalue weighted by molar-refractivity contribution is 5.88. The predicted octanol–water partition coefficient (Wildman–Crippen LogP) is 1.21. The van der Waals surface area contributed by atoms with Crippen LogP contribution in [0.15, 0.2) is 69.9 Å². The number of ether oxygens (including phenoxy) is 5. The van der Waals surface area contributed by atoms with Gasteiger partial charge in [0.25, 0.3) is 0 Å². The molecule has 1 aliphatic heterocycles. The number of carbonyl (C=O) groups excluding carboxylic acids is 1. The molecule has 0 saturated carbocycles. The van der Waals surface area contributed by atoms with Gasteiger partial charge in [-0.1, -0.05) is 12.1 Å². The summed E-state index contributed by atoms with van der Waals surface area (Å²) in [4.78, 5) is 26.4. The van der Waals surface area contributed by atoms with Crippen molar-refractivity contribution in [1.29, 1.82) is 0 Å². The van der Waals surface area contributed by atoms with Crippen LogP contribution in [0, 0.1) is 0 Å². The fourth-order valence-corrected chi connectivity index (χ4v) is 5.29. The van der Waals surface area contributed by atoms with Crippen LogP contribution in [-0.4, -0.2) is 121 Å². The minimum absolute atomic E-state index is 0.0270. The smallest absolute Gasteiger partial charge is 0.330 e. The van der Waals surface area contributed by atoms with E-state index in [1.807, 2.05) is 0 Å². The Morgan fingerprint density at radius 3 is 2.26 bits per heavy atom. The average molecular weight is 743 g/mol. The van der Waals surface area contributed by atoms with Crippen molar-refractivity contribution < 1.29 is 78.9 Å². The van der Waals surface area contributed by atoms with Crippen LogP contribution in [0.25, 0.3) is 28.4 Å². The molecule has 284 valence electrons. The molecular weight excluding hydrogens is 704 g/mol. The van der Waals surface area contributed by atoms with Crippen molar-refractivity contribution in [1.82, 2.24) is 0 Å². The zero-order valence-electron chi connectivity index (χ0n) is 28.0. The topological polar surface area (TPSA) is 276 Å². The van der Waals surface area contributed by atoms with Crippen molar-refractivity contribution in [2.75, 3.05) is 26.4 Å². The first-order valence-electron chi connectivity index (χ1n) is 16.1. The molecule has 4 aromatic rings. The first-order valence-corrected chi connectivity index (χ1v) is 16.1. The predicted molar refractivity (Wildman–Crippen MR) is 182 cm³/mol. The van der Waals surface area contributed by atoms with Crippen LogP contribution in [0.5, 0.6) is 34.5 Å². The molecule has 0 bridgehead atoms. The number of carbonyl (C=O) groups is 1. The van der Waals surface area contributed by atoms with Gasteiger partial charge in [-0.2, -0.15) is 0 Å². The molecular formula is C36H38O17. The van der Waals surface area contributed by atoms with Gasteiger partial charge >= 0.3 is 5.97 Å². The lowest BCUT2D eigenvalue weighted by Gasteiger charge is -2.39. The molecule has 1 aromatic heterocycles. The molecule has 0 amide bonds. The maximum atomic E-state index is 13.8. The Morgan fingerprint density at radius 2 is 1.57 bits per heavy atom. The molecule has 3 aromatic carbocycles. The van der Waals surface area contributed by atoms with E-state index in [4.69, 9.17) is 28.1 Å². The maximum Gasteiger partial charge on any atom is 0.330 e. The zero-order valence-corrected chi connectivity index (χ0v) is 28.0. The monoisotopic (exact) mass is 742 g/mol. The third-order valence-electron chi connectivity index (χ3n) is 8.13. The largest absolute Gasteiger partial charge is 0.508 e. The fraction of sp³-hybridized carbons (Fsp3) is 0.333. The number of rotatable bonds is 14. The van der Waals surface area contributed by atoms with E-state index < -0.39 is 109 Å². The molecule has 9 N–H and O–H groups in total. The number of aliphatic hydroxyl groups is 4. The zero-order chi connectivity index (χ0) is 38.4. The van der Waals surface area contributed by atoms with Gasteiger partial charge in [-0.15, -0.1) is 0 Å². The molecule has 2 heterocycles. The van der Waals surface area contributed by atoms with Crippen molar-refractivity contribution >= 4 is 23.0 Å². The van der Waals surface area contributed by atoms with Gasteiger partial charge in [0.15, 0.2) is 23.5 Å². The number of esters is 1. The van der Waals surface area contributed by atoms with E-state index in [-0.39, 0.29) is 28.0 Å². The SMILES string of the molecule is CC1OC(OCC(CO)OC(COC(=O)/C=C/c2ccc(O)cc2)COc2c(-c3ccc(O)c(O)c3)oc3cc(O)cc(O)c3c2=O)C(O)C(O)C1O. The Balaban J connectivity index is 1.41. The van der Waals surface area contributed by atoms with Crippen LogP contribution >= 0.6 is 0 Å². The Hall–Kier alpha value is -5.40. The molecule has 1 aliphatic rings. The summed E-state index contributed by atoms with van der Waals surface area (Å²) in [6.45, 7) is -0.808. The number of fused-ring (bicyclic) bond motifs is 1. The summed E-state index contributed by atoms with van der Waals surface area (Å²) in [5.74, 6) is -3.74. The Morgan fingerprint density at radius 1 is 0.830 bits per heavy atom. The summed E-state index contributed by atoms with van der Waals surface area (Å²) < 4.78 is 34.0. The van der Waals surface area contributed by atoms with Gasteiger partial charge in [-0.05, 0) is 48.9 Å². The highest BCUT2D eigenvalue weighted by Gasteiger charge is 2.42. The highest BCUT2D eigenvalue weighted by atomic mass is 16.7. The van der Waals surface area contributed by atoms with E-state index in [1.54, 1.807) is 12.1 Å². The molecule has 7 atom stereocenters. The van der Waals surface area contributed by atoms with E-state index in [9.17, 15) is 55.5 Å². The molecule has 17 heteroatoms. The molecule has 5 rings (SSSR count). The average Bonchev–Trinajstić information content (AvgIpc) is 3.12. The minimum atomic E-state index is -1.65. The second-order valence-corrected chi connectivity index (χ2v) is 12.1. The van der Waals surface area contributed by atoms with Gasteiger partial charge in [-0.25, -0.2) is 4.79 Å². The molecule has 1 saturated heterocycles. The van der Waals surface area contributed by atoms with Gasteiger partial charge in [-0.3, -0.25) is 4.79 Å². The number of hydrogen-bond donors (Lipinski definition) is 9. The second-order valence-electron chi connectivity index (χ2n) is 12.1. The summed E-state index contributed by atoms with van der Waals surface area (Å²) in [5.41, 5.74) is -0.560. The lowest BCUT2D eigenvalue weighted by Crippen LogP contribution is -2.57. The number of benzene rings is 3. The van der Waals surface area contributed by atoms with Crippen molar-refractivity contribution in [3.63, 3.8) is 0 Å². The number of aliphatic hydroxyl groups excluding tert-OH is 4. The third-order valence-corrected chi connectivity index (χ3v) is 8.13. The Kier molecular flexibility index (Phi) is 12.4. The standard InChI is InChI=1S/C36H38O17/c1-17-30(44)32(46)33(47)36(51-17)50-14-22(13-37)52-23(15-48-28(43)9-4-18-2-6-20(38)7-3-18)16-49-35-31(45)29-26(42)11-21(39)12-27(29)53-34(35)19-5-8-24(40)25(41)10-19/h2-12,17,22-23,30,32-33,36-42,44,46-47H,13-16H2,1H3/b9-4+. The molecule has 0 spiro atoms. The first-order chi connectivity index (χ1) is 25.2. The molecule has 53 heavy (non-hydrogen) atoms. The number of aromatic hydroxyl groups is 5. The van der Waals surface area contributed by atoms with Gasteiger partial charge in [0, 0.05) is 23.8 Å². The Labute approximate surface area is 300 Å². The van der Waals surface area contributed by atoms with E-state index in [0.29, 0.717) is 5.56 Å². The highest BCUT2D eigenvalue weighted by Crippen LogP contribution is 2.38. The van der Waals surface area contributed by atoms with Crippen LogP contribution < -0.4 is 10.2 Å². The van der Waals surface area contributed by atoms with Crippen LogP contribution in [-0.2, 0) is 23.7 Å². The Bertz CT molecular complexity index is 1970. The van der Waals surface area contributed by atoms with Gasteiger partial charge in [0.2, 0.25) is 11.2 Å². The number of phenols is 5. The number of phenolic OH excluding ortho intramolecular Hbond substituents is 5. The van der Waals surface area contributed by atoms with E-state index in [0.717, 1.165) is 30.3 Å². The van der Waals surface area contributed by atoms with Crippen molar-refractivity contribution in [3.8, 4) is 45.8 Å². The van der Waals surface area contributed by atoms with E-state index >= 15 is 0 Å². The summed E-state index contributed by atoms with van der Waals surface area (Å²) in [6, 6.07) is 11.4. The summed E-state index contributed by atoms with van der Waals surface area (Å²) >= 11 is 0. The second kappa shape index (κ2) is 17.0. The maximum absolute atomic E-state index is 13.8. The summed E-state index contributed by atoms with van der Waals surface area (Å²) in [7, 11) is 0. The molecule has 17 nitrogen and oxygen atoms in total. The molecule has 7 unspecified atom stereocenters. The lowest BCUT2D eigenvalue weighted by molar-refractivity contribution is -0.299. The summed E-state index contributed by atoms with van der Waals surface area (Å²) in [5, 5.41) is 90.2. The summed E-state index contributed by atoms with van der Waals surface area (Å²) in [6.07, 6.45) is -6.91. The normalized spacial score (nSPS) is 21.4. The third kappa shape index (κ3) is 9.34. The van der Waals surface area contributed by atoms with Crippen LogP contribution in [0.3, 0.4) is 0 Å². The first kappa shape index (κ1) is 38.8. The van der Waals surface area contributed by atoms with E-state index in [1.165, 1.54) is 31.2 Å². The molecule has 1 fully saturated rings. The molecule has 0 aliphatic carbocycles. The van der Waals surface area contributed by atoms with Gasteiger partial charge < -0.3 is 74.1 Å². The molecule has 0 radical (unpaired) electrons. The van der Waals surface area contributed by atoms with Crippen molar-refractivity contribution in [3.05, 3.63) is 76.5 Å². The van der Waals surface area contributed by atoms with Crippen LogP contribution in [0.2, 0.25) is 0 Å². The van der Waals surface area contributed by atoms with Crippen LogP contribution in [0.1, 0.15) is 12.5 Å². The van der Waals surface area contributed by atoms with Crippen molar-refractivity contribution in [2.45, 2.75) is 49.8 Å². The quantitative estimate of drug-likeness (QED) is 0.0499. The van der Waals surface area contributed by atoms with Gasteiger partial charge in [0.05, 0.1) is 19.3 Å². The number of hydrogen-bond acceptors (Lipinski definition) is 17. The van der Waals surface area contributed by atoms with E-state index in [2.05, 4.69) is 0 Å². The van der Waals surface area contributed by atoms with Gasteiger partial charge in [0.1, 0.15) is 72.0 Å². The lowest BCUT2D eigenvalue weighted by atomic mass is 10.0. The minimum Gasteiger partial charge on any atom is -0.508 e. The fourth-order valence-electron chi connectivity index (χ4n) is 5.29. The van der Waals surface area contributed by atoms with Crippen LogP contribution in [0.4, 0.5) is 0 Å². The van der Waals surface area contributed by atoms with Crippen molar-refractivity contribution in [2.24, 2.45) is 0 Å².